The fourth-order valence-corrected chi connectivity index (χ4v) is 2.09. The summed E-state index contributed by atoms with van der Waals surface area (Å²) in [4.78, 5) is 7.20. The third-order valence-electron chi connectivity index (χ3n) is 2.71. The van der Waals surface area contributed by atoms with Crippen LogP contribution in [0.1, 0.15) is 16.8 Å². The number of hydrogen-bond acceptors (Lipinski definition) is 3. The van der Waals surface area contributed by atoms with E-state index >= 15 is 0 Å². The second kappa shape index (κ2) is 5.78. The molecule has 0 aliphatic heterocycles. The van der Waals surface area contributed by atoms with E-state index in [1.807, 2.05) is 18.2 Å². The van der Waals surface area contributed by atoms with Crippen molar-refractivity contribution in [1.29, 1.82) is 0 Å². The molecule has 1 atom stereocenters. The van der Waals surface area contributed by atoms with Gasteiger partial charge in [0.1, 0.15) is 17.3 Å². The number of H-pyrrole nitrogens is 1. The van der Waals surface area contributed by atoms with E-state index in [2.05, 4.69) is 9.97 Å². The van der Waals surface area contributed by atoms with Gasteiger partial charge in [-0.1, -0.05) is 6.07 Å². The quantitative estimate of drug-likeness (QED) is 0.847. The molecular formula is C13H15ClN2O2. The highest BCUT2D eigenvalue weighted by molar-refractivity contribution is 6.21. The maximum absolute atomic E-state index is 6.40. The summed E-state index contributed by atoms with van der Waals surface area (Å²) in [5.74, 6) is 2.33. The molecule has 96 valence electrons. The highest BCUT2D eigenvalue weighted by Crippen LogP contribution is 2.34. The number of imidazole rings is 1. The molecule has 5 heteroatoms. The molecule has 1 unspecified atom stereocenters. The summed E-state index contributed by atoms with van der Waals surface area (Å²) in [6.07, 6.45) is 4.12. The Morgan fingerprint density at radius 2 is 2.17 bits per heavy atom. The summed E-state index contributed by atoms with van der Waals surface area (Å²) < 4.78 is 10.5. The van der Waals surface area contributed by atoms with Crippen LogP contribution in [0, 0.1) is 0 Å². The fourth-order valence-electron chi connectivity index (χ4n) is 1.77. The third-order valence-corrected chi connectivity index (χ3v) is 3.09. The summed E-state index contributed by atoms with van der Waals surface area (Å²) in [6.45, 7) is 0. The molecule has 2 aromatic rings. The lowest BCUT2D eigenvalue weighted by atomic mass is 10.1. The second-order valence-electron chi connectivity index (χ2n) is 3.82. The van der Waals surface area contributed by atoms with Gasteiger partial charge in [-0.05, 0) is 6.07 Å². The number of rotatable bonds is 5. The molecule has 0 aliphatic rings. The standard InChI is InChI=1S/C13H15ClN2O2/c1-17-9-3-4-10(12(7-9)18-2)11(14)8-13-15-5-6-16-13/h3-7,11H,8H2,1-2H3,(H,15,16). The molecule has 0 spiro atoms. The van der Waals surface area contributed by atoms with Crippen molar-refractivity contribution in [3.05, 3.63) is 42.0 Å². The Balaban J connectivity index is 2.21. The van der Waals surface area contributed by atoms with Crippen LogP contribution in [0.25, 0.3) is 0 Å². The number of benzene rings is 1. The van der Waals surface area contributed by atoms with E-state index in [1.165, 1.54) is 0 Å². The van der Waals surface area contributed by atoms with Crippen molar-refractivity contribution in [1.82, 2.24) is 9.97 Å². The van der Waals surface area contributed by atoms with Crippen LogP contribution in [0.15, 0.2) is 30.6 Å². The number of alkyl halides is 1. The number of nitrogens with zero attached hydrogens (tertiary/aromatic N) is 1. The Labute approximate surface area is 111 Å². The Bertz CT molecular complexity index is 500. The van der Waals surface area contributed by atoms with Crippen molar-refractivity contribution >= 4 is 11.6 Å². The first-order valence-electron chi connectivity index (χ1n) is 5.59. The van der Waals surface area contributed by atoms with Gasteiger partial charge in [-0.2, -0.15) is 0 Å². The number of halogens is 1. The van der Waals surface area contributed by atoms with E-state index in [-0.39, 0.29) is 5.38 Å². The molecule has 4 nitrogen and oxygen atoms in total. The fraction of sp³-hybridized carbons (Fsp3) is 0.308. The minimum absolute atomic E-state index is 0.197. The van der Waals surface area contributed by atoms with Gasteiger partial charge in [0.15, 0.2) is 0 Å². The maximum atomic E-state index is 6.40. The van der Waals surface area contributed by atoms with Crippen molar-refractivity contribution in [2.75, 3.05) is 14.2 Å². The first-order chi connectivity index (χ1) is 8.74. The zero-order chi connectivity index (χ0) is 13.0. The van der Waals surface area contributed by atoms with E-state index in [1.54, 1.807) is 26.6 Å². The molecule has 0 aliphatic carbocycles. The molecule has 2 rings (SSSR count). The van der Waals surface area contributed by atoms with Crippen molar-refractivity contribution in [2.24, 2.45) is 0 Å². The lowest BCUT2D eigenvalue weighted by molar-refractivity contribution is 0.390. The summed E-state index contributed by atoms with van der Waals surface area (Å²) in [6, 6.07) is 5.61. The van der Waals surface area contributed by atoms with Crippen molar-refractivity contribution < 1.29 is 9.47 Å². The first-order valence-corrected chi connectivity index (χ1v) is 6.02. The smallest absolute Gasteiger partial charge is 0.127 e. The van der Waals surface area contributed by atoms with Gasteiger partial charge in [-0.25, -0.2) is 4.98 Å². The molecule has 0 saturated carbocycles. The predicted octanol–water partition coefficient (Wildman–Crippen LogP) is 2.95. The molecule has 18 heavy (non-hydrogen) atoms. The van der Waals surface area contributed by atoms with Gasteiger partial charge in [0.25, 0.3) is 0 Å². The average molecular weight is 267 g/mol. The van der Waals surface area contributed by atoms with Gasteiger partial charge >= 0.3 is 0 Å². The topological polar surface area (TPSA) is 47.1 Å². The van der Waals surface area contributed by atoms with Gasteiger partial charge in [-0.15, -0.1) is 11.6 Å². The summed E-state index contributed by atoms with van der Waals surface area (Å²) in [7, 11) is 3.24. The Morgan fingerprint density at radius 1 is 1.33 bits per heavy atom. The van der Waals surface area contributed by atoms with Gasteiger partial charge in [0, 0.05) is 30.4 Å². The van der Waals surface area contributed by atoms with E-state index in [9.17, 15) is 0 Å². The number of ether oxygens (including phenoxy) is 2. The van der Waals surface area contributed by atoms with Crippen LogP contribution in [0.4, 0.5) is 0 Å². The van der Waals surface area contributed by atoms with E-state index in [0.717, 1.165) is 22.9 Å². The summed E-state index contributed by atoms with van der Waals surface area (Å²) in [5.41, 5.74) is 0.927. The average Bonchev–Trinajstić information content (AvgIpc) is 2.90. The molecule has 0 fully saturated rings. The molecule has 1 aromatic heterocycles. The van der Waals surface area contributed by atoms with Crippen LogP contribution >= 0.6 is 11.6 Å². The van der Waals surface area contributed by atoms with Crippen LogP contribution in [0.3, 0.4) is 0 Å². The lowest BCUT2D eigenvalue weighted by Crippen LogP contribution is -2.01. The van der Waals surface area contributed by atoms with Crippen LogP contribution < -0.4 is 9.47 Å². The molecule has 1 N–H and O–H groups in total. The second-order valence-corrected chi connectivity index (χ2v) is 4.34. The highest BCUT2D eigenvalue weighted by Gasteiger charge is 2.16. The van der Waals surface area contributed by atoms with E-state index in [0.29, 0.717) is 6.42 Å². The molecule has 0 radical (unpaired) electrons. The first kappa shape index (κ1) is 12.8. The van der Waals surface area contributed by atoms with Crippen LogP contribution in [-0.2, 0) is 6.42 Å². The zero-order valence-electron chi connectivity index (χ0n) is 10.3. The highest BCUT2D eigenvalue weighted by atomic mass is 35.5. The van der Waals surface area contributed by atoms with Crippen LogP contribution in [0.5, 0.6) is 11.5 Å². The van der Waals surface area contributed by atoms with Crippen molar-refractivity contribution in [3.8, 4) is 11.5 Å². The van der Waals surface area contributed by atoms with Gasteiger partial charge in [-0.3, -0.25) is 0 Å². The van der Waals surface area contributed by atoms with Crippen molar-refractivity contribution in [3.63, 3.8) is 0 Å². The Morgan fingerprint density at radius 3 is 2.78 bits per heavy atom. The molecule has 1 aromatic carbocycles. The van der Waals surface area contributed by atoms with Crippen LogP contribution in [0.2, 0.25) is 0 Å². The minimum atomic E-state index is -0.197. The van der Waals surface area contributed by atoms with E-state index in [4.69, 9.17) is 21.1 Å². The summed E-state index contributed by atoms with van der Waals surface area (Å²) in [5, 5.41) is -0.197. The molecule has 0 saturated heterocycles. The SMILES string of the molecule is COc1ccc(C(Cl)Cc2ncc[nH]2)c(OC)c1. The van der Waals surface area contributed by atoms with E-state index < -0.39 is 0 Å². The monoisotopic (exact) mass is 266 g/mol. The molecule has 0 amide bonds. The van der Waals surface area contributed by atoms with Gasteiger partial charge in [0.2, 0.25) is 0 Å². The molecular weight excluding hydrogens is 252 g/mol. The minimum Gasteiger partial charge on any atom is -0.497 e. The number of hydrogen-bond donors (Lipinski definition) is 1. The number of methoxy groups -OCH3 is 2. The Hall–Kier alpha value is -1.68. The molecule has 1 heterocycles. The maximum Gasteiger partial charge on any atom is 0.127 e. The Kier molecular flexibility index (Phi) is 4.10. The predicted molar refractivity (Wildman–Crippen MR) is 70.4 cm³/mol. The zero-order valence-corrected chi connectivity index (χ0v) is 11.1. The van der Waals surface area contributed by atoms with Crippen molar-refractivity contribution in [2.45, 2.75) is 11.8 Å². The third kappa shape index (κ3) is 2.76. The number of aromatic nitrogens is 2. The van der Waals surface area contributed by atoms with Gasteiger partial charge < -0.3 is 14.5 Å². The number of nitrogens with one attached hydrogen (secondary N) is 1. The number of aromatic amines is 1. The molecule has 0 bridgehead atoms. The van der Waals surface area contributed by atoms with Gasteiger partial charge in [0.05, 0.1) is 19.6 Å². The summed E-state index contributed by atoms with van der Waals surface area (Å²) >= 11 is 6.40. The normalized spacial score (nSPS) is 12.2. The largest absolute Gasteiger partial charge is 0.497 e. The lowest BCUT2D eigenvalue weighted by Gasteiger charge is -2.14. The van der Waals surface area contributed by atoms with Crippen LogP contribution in [-0.4, -0.2) is 24.2 Å².